The summed E-state index contributed by atoms with van der Waals surface area (Å²) in [4.78, 5) is 32.5. The molecule has 1 N–H and O–H groups in total. The molecule has 0 saturated heterocycles. The molecule has 0 saturated carbocycles. The van der Waals surface area contributed by atoms with Crippen molar-refractivity contribution in [3.05, 3.63) is 67.9 Å². The molecule has 1 aromatic carbocycles. The number of thiophene rings is 1. The molecule has 3 aromatic rings. The van der Waals surface area contributed by atoms with Gasteiger partial charge in [-0.25, -0.2) is 9.80 Å². The molecule has 0 fully saturated rings. The third kappa shape index (κ3) is 4.69. The maximum atomic E-state index is 13.3. The van der Waals surface area contributed by atoms with Crippen LogP contribution in [0, 0.1) is 18.3 Å². The number of amides is 1. The first-order chi connectivity index (χ1) is 16.4. The number of methoxy groups -OCH3 is 2. The van der Waals surface area contributed by atoms with Gasteiger partial charge in [-0.1, -0.05) is 23.9 Å². The number of thioether (sulfide) groups is 1. The summed E-state index contributed by atoms with van der Waals surface area (Å²) in [6.07, 6.45) is 0.540. The van der Waals surface area contributed by atoms with Crippen LogP contribution in [0.5, 0.6) is 11.5 Å². The van der Waals surface area contributed by atoms with E-state index in [1.807, 2.05) is 35.7 Å². The highest BCUT2D eigenvalue weighted by molar-refractivity contribution is 8.00. The number of nitrogens with one attached hydrogen (secondary N) is 1. The summed E-state index contributed by atoms with van der Waals surface area (Å²) >= 11 is 2.61. The number of carbonyl (C=O) groups is 1. The van der Waals surface area contributed by atoms with Crippen LogP contribution in [0.3, 0.4) is 0 Å². The third-order valence-corrected chi connectivity index (χ3v) is 7.17. The number of ether oxygens (including phenoxy) is 2. The van der Waals surface area contributed by atoms with Gasteiger partial charge in [-0.15, -0.1) is 11.3 Å². The molecule has 0 bridgehead atoms. The minimum atomic E-state index is -0.561. The van der Waals surface area contributed by atoms with E-state index in [9.17, 15) is 14.9 Å². The van der Waals surface area contributed by atoms with E-state index in [-0.39, 0.29) is 28.3 Å². The number of nitrogens with zero attached hydrogens (tertiary/aromatic N) is 4. The zero-order valence-electron chi connectivity index (χ0n) is 18.7. The molecule has 0 radical (unpaired) electrons. The molecule has 4 rings (SSSR count). The molecular formula is C23H21N5O4S2. The Morgan fingerprint density at radius 2 is 2.12 bits per heavy atom. The highest BCUT2D eigenvalue weighted by Gasteiger charge is 2.34. The summed E-state index contributed by atoms with van der Waals surface area (Å²) in [6.45, 7) is 1.62. The molecule has 0 aliphatic carbocycles. The summed E-state index contributed by atoms with van der Waals surface area (Å²) in [5.41, 5.74) is 1.77. The highest BCUT2D eigenvalue weighted by Crippen LogP contribution is 2.38. The Bertz CT molecular complexity index is 1340. The number of nitriles is 1. The molecule has 9 nitrogen and oxygen atoms in total. The lowest BCUT2D eigenvalue weighted by molar-refractivity contribution is -0.130. The minimum absolute atomic E-state index is 0.0322. The van der Waals surface area contributed by atoms with Gasteiger partial charge in [0.2, 0.25) is 0 Å². The second-order valence-corrected chi connectivity index (χ2v) is 9.26. The number of aryl methyl sites for hydroxylation is 1. The van der Waals surface area contributed by atoms with Crippen molar-refractivity contribution in [3.63, 3.8) is 0 Å². The number of hydrogen-bond donors (Lipinski definition) is 1. The SMILES string of the molecule is COc1ccc([C@H]2CC(c3cccs3)=NN2C(=O)CSc2nc(=O)[nH]c(C)c2C#N)cc1OC. The quantitative estimate of drug-likeness (QED) is 0.393. The average molecular weight is 496 g/mol. The summed E-state index contributed by atoms with van der Waals surface area (Å²) in [7, 11) is 3.13. The fourth-order valence-electron chi connectivity index (χ4n) is 3.64. The van der Waals surface area contributed by atoms with Gasteiger partial charge in [0, 0.05) is 12.1 Å². The van der Waals surface area contributed by atoms with Crippen LogP contribution >= 0.6 is 23.1 Å². The monoisotopic (exact) mass is 495 g/mol. The fraction of sp³-hybridized carbons (Fsp3) is 0.261. The molecule has 3 heterocycles. The van der Waals surface area contributed by atoms with E-state index in [0.29, 0.717) is 23.6 Å². The van der Waals surface area contributed by atoms with Gasteiger partial charge >= 0.3 is 5.69 Å². The molecule has 1 aliphatic heterocycles. The Morgan fingerprint density at radius 1 is 1.32 bits per heavy atom. The van der Waals surface area contributed by atoms with E-state index >= 15 is 0 Å². The average Bonchev–Trinajstić information content (AvgIpc) is 3.52. The van der Waals surface area contributed by atoms with E-state index in [1.165, 1.54) is 5.01 Å². The lowest BCUT2D eigenvalue weighted by Gasteiger charge is -2.23. The maximum absolute atomic E-state index is 13.3. The lowest BCUT2D eigenvalue weighted by atomic mass is 10.0. The normalized spacial score (nSPS) is 15.1. The van der Waals surface area contributed by atoms with E-state index in [4.69, 9.17) is 9.47 Å². The molecule has 34 heavy (non-hydrogen) atoms. The first kappa shape index (κ1) is 23.5. The summed E-state index contributed by atoms with van der Waals surface area (Å²) in [5.74, 6) is 0.861. The standard InChI is InChI=1S/C23H21N5O4S2/c1-13-15(11-24)22(26-23(30)25-13)34-12-21(29)28-17(10-16(27-28)20-5-4-8-33-20)14-6-7-18(31-2)19(9-14)32-3/h4-9,17H,10,12H2,1-3H3,(H,25,26,30)/t17-/m1/s1. The number of aromatic amines is 1. The first-order valence-corrected chi connectivity index (χ1v) is 12.1. The summed E-state index contributed by atoms with van der Waals surface area (Å²) in [6, 6.07) is 11.2. The molecule has 1 aliphatic rings. The van der Waals surface area contributed by atoms with Crippen LogP contribution < -0.4 is 15.2 Å². The smallest absolute Gasteiger partial charge is 0.346 e. The predicted octanol–water partition coefficient (Wildman–Crippen LogP) is 3.50. The van der Waals surface area contributed by atoms with E-state index in [1.54, 1.807) is 38.5 Å². The molecule has 2 aromatic heterocycles. The number of benzene rings is 1. The Kier molecular flexibility index (Phi) is 7.00. The Labute approximate surface area is 204 Å². The molecule has 1 amide bonds. The van der Waals surface area contributed by atoms with E-state index in [2.05, 4.69) is 15.1 Å². The van der Waals surface area contributed by atoms with Gasteiger partial charge in [-0.05, 0) is 36.1 Å². The predicted molar refractivity (Wildman–Crippen MR) is 130 cm³/mol. The van der Waals surface area contributed by atoms with Gasteiger partial charge < -0.3 is 14.5 Å². The van der Waals surface area contributed by atoms with Crippen LogP contribution in [-0.2, 0) is 4.79 Å². The number of aromatic nitrogens is 2. The maximum Gasteiger partial charge on any atom is 0.346 e. The van der Waals surface area contributed by atoms with E-state index < -0.39 is 5.69 Å². The second kappa shape index (κ2) is 10.1. The number of hydrazone groups is 1. The van der Waals surface area contributed by atoms with Crippen molar-refractivity contribution in [3.8, 4) is 17.6 Å². The molecular weight excluding hydrogens is 474 g/mol. The highest BCUT2D eigenvalue weighted by atomic mass is 32.2. The van der Waals surface area contributed by atoms with Crippen LogP contribution in [0.15, 0.2) is 50.6 Å². The number of carbonyl (C=O) groups excluding carboxylic acids is 1. The largest absolute Gasteiger partial charge is 0.493 e. The van der Waals surface area contributed by atoms with Crippen molar-refractivity contribution in [2.24, 2.45) is 5.10 Å². The molecule has 1 atom stereocenters. The van der Waals surface area contributed by atoms with Gasteiger partial charge in [-0.3, -0.25) is 4.79 Å². The van der Waals surface area contributed by atoms with Gasteiger partial charge in [0.05, 0.1) is 36.6 Å². The zero-order chi connectivity index (χ0) is 24.2. The van der Waals surface area contributed by atoms with Crippen molar-refractivity contribution >= 4 is 34.7 Å². The lowest BCUT2D eigenvalue weighted by Crippen LogP contribution is -2.29. The molecule has 174 valence electrons. The van der Waals surface area contributed by atoms with Crippen molar-refractivity contribution in [2.45, 2.75) is 24.4 Å². The zero-order valence-corrected chi connectivity index (χ0v) is 20.3. The molecule has 11 heteroatoms. The van der Waals surface area contributed by atoms with Crippen LogP contribution in [0.25, 0.3) is 0 Å². The summed E-state index contributed by atoms with van der Waals surface area (Å²) < 4.78 is 10.8. The van der Waals surface area contributed by atoms with Crippen molar-refractivity contribution < 1.29 is 14.3 Å². The molecule has 0 unspecified atom stereocenters. The van der Waals surface area contributed by atoms with Gasteiger partial charge in [0.1, 0.15) is 16.7 Å². The summed E-state index contributed by atoms with van der Waals surface area (Å²) in [5, 5.41) is 17.7. The van der Waals surface area contributed by atoms with Crippen molar-refractivity contribution in [1.29, 1.82) is 5.26 Å². The van der Waals surface area contributed by atoms with Crippen LogP contribution in [0.4, 0.5) is 0 Å². The first-order valence-electron chi connectivity index (χ1n) is 10.2. The van der Waals surface area contributed by atoms with Gasteiger partial charge in [0.25, 0.3) is 5.91 Å². The third-order valence-electron chi connectivity index (χ3n) is 5.29. The Morgan fingerprint density at radius 3 is 2.79 bits per heavy atom. The second-order valence-electron chi connectivity index (χ2n) is 7.34. The van der Waals surface area contributed by atoms with Crippen molar-refractivity contribution in [1.82, 2.24) is 15.0 Å². The van der Waals surface area contributed by atoms with Crippen LogP contribution in [0.1, 0.15) is 34.2 Å². The number of H-pyrrole nitrogens is 1. The van der Waals surface area contributed by atoms with Crippen LogP contribution in [-0.4, -0.2) is 46.6 Å². The van der Waals surface area contributed by atoms with Gasteiger partial charge in [0.15, 0.2) is 11.5 Å². The van der Waals surface area contributed by atoms with E-state index in [0.717, 1.165) is 27.9 Å². The van der Waals surface area contributed by atoms with Gasteiger partial charge in [-0.2, -0.15) is 15.3 Å². The topological polar surface area (TPSA) is 121 Å². The fourth-order valence-corrected chi connectivity index (χ4v) is 5.25. The number of rotatable bonds is 7. The Hall–Kier alpha value is -3.62. The Balaban J connectivity index is 1.63. The molecule has 0 spiro atoms. The van der Waals surface area contributed by atoms with Crippen molar-refractivity contribution in [2.75, 3.05) is 20.0 Å². The van der Waals surface area contributed by atoms with Crippen LogP contribution in [0.2, 0.25) is 0 Å². The number of hydrogen-bond acceptors (Lipinski definition) is 9. The minimum Gasteiger partial charge on any atom is -0.493 e.